The molecule has 0 radical (unpaired) electrons. The van der Waals surface area contributed by atoms with Crippen molar-refractivity contribution in [1.82, 2.24) is 9.97 Å². The third kappa shape index (κ3) is 5.87. The monoisotopic (exact) mass is 428 g/mol. The van der Waals surface area contributed by atoms with Gasteiger partial charge in [-0.3, -0.25) is 0 Å². The second-order valence-electron chi connectivity index (χ2n) is 8.06. The average Bonchev–Trinajstić information content (AvgIpc) is 3.25. The van der Waals surface area contributed by atoms with Gasteiger partial charge in [0.05, 0.1) is 16.7 Å². The van der Waals surface area contributed by atoms with Gasteiger partial charge in [0, 0.05) is 17.5 Å². The molecule has 4 rings (SSSR count). The molecule has 0 aliphatic rings. The molecule has 0 fully saturated rings. The summed E-state index contributed by atoms with van der Waals surface area (Å²) in [6.45, 7) is 3.91. The van der Waals surface area contributed by atoms with Crippen LogP contribution in [0.2, 0.25) is 0 Å². The van der Waals surface area contributed by atoms with Gasteiger partial charge in [-0.25, -0.2) is 9.97 Å². The highest BCUT2D eigenvalue weighted by Gasteiger charge is 2.08. The number of nitrogens with zero attached hydrogens (tertiary/aromatic N) is 2. The van der Waals surface area contributed by atoms with Gasteiger partial charge in [-0.1, -0.05) is 54.1 Å². The Bertz CT molecular complexity index is 1130. The molecular weight excluding hydrogens is 400 g/mol. The maximum absolute atomic E-state index is 9.82. The standard InChI is InChI=1S/C27H28N2OS/c1-19-9-11-21(12-10-19)5-4-8-24-13-14-26(31-24)25-15-16-28-27(29-25)18-22-6-3-7-23(17-22)20(2)30/h3,6-7,9-17,20,30H,4-5,8,18H2,1-2H3. The van der Waals surface area contributed by atoms with Gasteiger partial charge < -0.3 is 5.11 Å². The van der Waals surface area contributed by atoms with Gasteiger partial charge in [-0.15, -0.1) is 11.3 Å². The highest BCUT2D eigenvalue weighted by Crippen LogP contribution is 2.28. The molecule has 0 amide bonds. The molecule has 4 aromatic rings. The summed E-state index contributed by atoms with van der Waals surface area (Å²) in [5.41, 5.74) is 5.72. The fraction of sp³-hybridized carbons (Fsp3) is 0.259. The van der Waals surface area contributed by atoms with Crippen LogP contribution < -0.4 is 0 Å². The van der Waals surface area contributed by atoms with E-state index in [0.717, 1.165) is 41.9 Å². The molecule has 0 aliphatic heterocycles. The van der Waals surface area contributed by atoms with E-state index in [2.05, 4.69) is 54.4 Å². The third-order valence-electron chi connectivity index (χ3n) is 5.42. The number of thiophene rings is 1. The number of hydrogen-bond donors (Lipinski definition) is 1. The summed E-state index contributed by atoms with van der Waals surface area (Å²) in [6, 6.07) is 23.2. The summed E-state index contributed by atoms with van der Waals surface area (Å²) in [4.78, 5) is 11.8. The fourth-order valence-corrected chi connectivity index (χ4v) is 4.66. The lowest BCUT2D eigenvalue weighted by Crippen LogP contribution is -1.99. The number of aromatic nitrogens is 2. The highest BCUT2D eigenvalue weighted by molar-refractivity contribution is 7.15. The van der Waals surface area contributed by atoms with Gasteiger partial charge in [0.25, 0.3) is 0 Å². The molecule has 1 N–H and O–H groups in total. The lowest BCUT2D eigenvalue weighted by molar-refractivity contribution is 0.199. The van der Waals surface area contributed by atoms with Crippen molar-refractivity contribution >= 4 is 11.3 Å². The number of aliphatic hydroxyl groups excluding tert-OH is 1. The molecular formula is C27H28N2OS. The summed E-state index contributed by atoms with van der Waals surface area (Å²) in [5.74, 6) is 0.801. The van der Waals surface area contributed by atoms with Crippen LogP contribution in [-0.2, 0) is 19.3 Å². The van der Waals surface area contributed by atoms with Crippen LogP contribution in [0.4, 0.5) is 0 Å². The van der Waals surface area contributed by atoms with Crippen LogP contribution >= 0.6 is 11.3 Å². The molecule has 1 unspecified atom stereocenters. The Morgan fingerprint density at radius 3 is 2.58 bits per heavy atom. The van der Waals surface area contributed by atoms with E-state index in [1.54, 1.807) is 6.92 Å². The number of hydrogen-bond acceptors (Lipinski definition) is 4. The Kier molecular flexibility index (Phi) is 6.90. The van der Waals surface area contributed by atoms with Crippen LogP contribution in [0, 0.1) is 6.92 Å². The molecule has 3 nitrogen and oxygen atoms in total. The lowest BCUT2D eigenvalue weighted by Gasteiger charge is -2.07. The van der Waals surface area contributed by atoms with Gasteiger partial charge in [-0.05, 0) is 68.0 Å². The number of aliphatic hydroxyl groups is 1. The van der Waals surface area contributed by atoms with Crippen LogP contribution in [-0.4, -0.2) is 15.1 Å². The summed E-state index contributed by atoms with van der Waals surface area (Å²) in [7, 11) is 0. The number of benzene rings is 2. The first-order chi connectivity index (χ1) is 15.1. The first kappa shape index (κ1) is 21.4. The molecule has 31 heavy (non-hydrogen) atoms. The van der Waals surface area contributed by atoms with Crippen molar-refractivity contribution in [2.24, 2.45) is 0 Å². The largest absolute Gasteiger partial charge is 0.389 e. The van der Waals surface area contributed by atoms with E-state index in [4.69, 9.17) is 4.98 Å². The van der Waals surface area contributed by atoms with Crippen molar-refractivity contribution in [2.75, 3.05) is 0 Å². The molecule has 1 atom stereocenters. The van der Waals surface area contributed by atoms with Gasteiger partial charge in [0.1, 0.15) is 5.82 Å². The molecule has 0 bridgehead atoms. The maximum atomic E-state index is 9.82. The van der Waals surface area contributed by atoms with Crippen molar-refractivity contribution < 1.29 is 5.11 Å². The van der Waals surface area contributed by atoms with Crippen LogP contribution in [0.15, 0.2) is 72.9 Å². The maximum Gasteiger partial charge on any atom is 0.133 e. The quantitative estimate of drug-likeness (QED) is 0.356. The Hall–Kier alpha value is -2.82. The molecule has 2 aromatic carbocycles. The number of aryl methyl sites for hydroxylation is 3. The van der Waals surface area contributed by atoms with Crippen LogP contribution in [0.3, 0.4) is 0 Å². The first-order valence-electron chi connectivity index (χ1n) is 10.8. The first-order valence-corrected chi connectivity index (χ1v) is 11.6. The summed E-state index contributed by atoms with van der Waals surface area (Å²) >= 11 is 1.82. The topological polar surface area (TPSA) is 46.0 Å². The lowest BCUT2D eigenvalue weighted by atomic mass is 10.0. The zero-order valence-corrected chi connectivity index (χ0v) is 18.9. The van der Waals surface area contributed by atoms with Gasteiger partial charge >= 0.3 is 0 Å². The summed E-state index contributed by atoms with van der Waals surface area (Å²) in [5, 5.41) is 9.82. The normalized spacial score (nSPS) is 12.1. The van der Waals surface area contributed by atoms with E-state index < -0.39 is 6.10 Å². The smallest absolute Gasteiger partial charge is 0.133 e. The Morgan fingerprint density at radius 2 is 1.77 bits per heavy atom. The van der Waals surface area contributed by atoms with Crippen molar-refractivity contribution in [3.05, 3.63) is 106 Å². The van der Waals surface area contributed by atoms with Crippen LogP contribution in [0.1, 0.15) is 52.4 Å². The third-order valence-corrected chi connectivity index (χ3v) is 6.59. The van der Waals surface area contributed by atoms with E-state index in [1.807, 2.05) is 41.8 Å². The Balaban J connectivity index is 1.39. The van der Waals surface area contributed by atoms with Gasteiger partial charge in [0.2, 0.25) is 0 Å². The van der Waals surface area contributed by atoms with Crippen molar-refractivity contribution in [3.63, 3.8) is 0 Å². The highest BCUT2D eigenvalue weighted by atomic mass is 32.1. The predicted molar refractivity (Wildman–Crippen MR) is 128 cm³/mol. The van der Waals surface area contributed by atoms with Crippen LogP contribution in [0.5, 0.6) is 0 Å². The van der Waals surface area contributed by atoms with Crippen molar-refractivity contribution in [3.8, 4) is 10.6 Å². The van der Waals surface area contributed by atoms with Gasteiger partial charge in [-0.2, -0.15) is 0 Å². The van der Waals surface area contributed by atoms with Crippen molar-refractivity contribution in [1.29, 1.82) is 0 Å². The van der Waals surface area contributed by atoms with E-state index in [-0.39, 0.29) is 0 Å². The molecule has 0 spiro atoms. The predicted octanol–water partition coefficient (Wildman–Crippen LogP) is 6.33. The Morgan fingerprint density at radius 1 is 0.935 bits per heavy atom. The molecule has 0 saturated heterocycles. The van der Waals surface area contributed by atoms with E-state index in [1.165, 1.54) is 20.9 Å². The minimum atomic E-state index is -0.470. The second kappa shape index (κ2) is 9.99. The molecule has 158 valence electrons. The second-order valence-corrected chi connectivity index (χ2v) is 9.23. The summed E-state index contributed by atoms with van der Waals surface area (Å²) in [6.07, 6.45) is 5.37. The van der Waals surface area contributed by atoms with E-state index in [9.17, 15) is 5.11 Å². The molecule has 2 heterocycles. The van der Waals surface area contributed by atoms with Gasteiger partial charge in [0.15, 0.2) is 0 Å². The fourth-order valence-electron chi connectivity index (χ4n) is 3.64. The summed E-state index contributed by atoms with van der Waals surface area (Å²) < 4.78 is 0. The SMILES string of the molecule is Cc1ccc(CCCc2ccc(-c3ccnc(Cc4cccc(C(C)O)c4)n3)s2)cc1. The minimum absolute atomic E-state index is 0.470. The van der Waals surface area contributed by atoms with Crippen LogP contribution in [0.25, 0.3) is 10.6 Å². The molecule has 0 aliphatic carbocycles. The Labute approximate surface area is 188 Å². The molecule has 4 heteroatoms. The molecule has 0 saturated carbocycles. The zero-order chi connectivity index (χ0) is 21.6. The van der Waals surface area contributed by atoms with E-state index in [0.29, 0.717) is 6.42 Å². The zero-order valence-electron chi connectivity index (χ0n) is 18.1. The minimum Gasteiger partial charge on any atom is -0.389 e. The van der Waals surface area contributed by atoms with Crippen molar-refractivity contribution in [2.45, 2.75) is 45.6 Å². The average molecular weight is 429 g/mol. The molecule has 2 aromatic heterocycles. The number of rotatable bonds is 8. The van der Waals surface area contributed by atoms with E-state index >= 15 is 0 Å².